The molecular formula is C18H28FN3O3. The number of methoxy groups -OCH3 is 1. The fourth-order valence-corrected chi connectivity index (χ4v) is 2.16. The summed E-state index contributed by atoms with van der Waals surface area (Å²) < 4.78 is 23.4. The van der Waals surface area contributed by atoms with Gasteiger partial charge in [0.25, 0.3) is 0 Å². The number of ether oxygens (including phenoxy) is 2. The van der Waals surface area contributed by atoms with Crippen molar-refractivity contribution in [2.75, 3.05) is 27.2 Å². The number of benzene rings is 1. The van der Waals surface area contributed by atoms with E-state index in [-0.39, 0.29) is 17.9 Å². The first kappa shape index (κ1) is 20.7. The molecule has 0 bridgehead atoms. The highest BCUT2D eigenvalue weighted by Crippen LogP contribution is 2.13. The van der Waals surface area contributed by atoms with Crippen LogP contribution >= 0.6 is 0 Å². The minimum atomic E-state index is -0.317. The Morgan fingerprint density at radius 2 is 2.08 bits per heavy atom. The van der Waals surface area contributed by atoms with Crippen LogP contribution in [0.4, 0.5) is 4.39 Å². The number of esters is 1. The zero-order valence-corrected chi connectivity index (χ0v) is 15.2. The highest BCUT2D eigenvalue weighted by molar-refractivity contribution is 5.79. The first-order valence-corrected chi connectivity index (χ1v) is 8.48. The number of carbonyl (C=O) groups excluding carboxylic acids is 1. The molecule has 25 heavy (non-hydrogen) atoms. The molecule has 0 aliphatic carbocycles. The lowest BCUT2D eigenvalue weighted by molar-refractivity contribution is -0.140. The molecular weight excluding hydrogens is 325 g/mol. The second kappa shape index (κ2) is 12.1. The molecule has 0 aliphatic heterocycles. The van der Waals surface area contributed by atoms with Crippen molar-refractivity contribution in [2.45, 2.75) is 38.7 Å². The maximum Gasteiger partial charge on any atom is 0.305 e. The number of halogens is 1. The number of nitrogens with one attached hydrogen (secondary N) is 2. The Morgan fingerprint density at radius 1 is 1.28 bits per heavy atom. The second-order valence-corrected chi connectivity index (χ2v) is 5.65. The average molecular weight is 353 g/mol. The van der Waals surface area contributed by atoms with Gasteiger partial charge in [-0.1, -0.05) is 12.5 Å². The van der Waals surface area contributed by atoms with Gasteiger partial charge in [-0.3, -0.25) is 9.79 Å². The van der Waals surface area contributed by atoms with Crippen LogP contribution in [0.2, 0.25) is 0 Å². The van der Waals surface area contributed by atoms with Crippen molar-refractivity contribution in [3.63, 3.8) is 0 Å². The molecule has 140 valence electrons. The molecule has 1 rings (SSSR count). The van der Waals surface area contributed by atoms with E-state index in [1.54, 1.807) is 19.2 Å². The molecule has 0 spiro atoms. The molecule has 0 fully saturated rings. The van der Waals surface area contributed by atoms with Crippen LogP contribution < -0.4 is 15.4 Å². The van der Waals surface area contributed by atoms with E-state index in [0.717, 1.165) is 25.8 Å². The summed E-state index contributed by atoms with van der Waals surface area (Å²) in [6.07, 6.45) is 3.02. The van der Waals surface area contributed by atoms with Crippen LogP contribution in [0.25, 0.3) is 0 Å². The number of guanidine groups is 1. The first-order chi connectivity index (χ1) is 12.0. The molecule has 0 aromatic heterocycles. The topological polar surface area (TPSA) is 72.0 Å². The summed E-state index contributed by atoms with van der Waals surface area (Å²) in [6, 6.07) is 6.08. The Hall–Kier alpha value is -2.31. The summed E-state index contributed by atoms with van der Waals surface area (Å²) in [6.45, 7) is 3.20. The summed E-state index contributed by atoms with van der Waals surface area (Å²) in [4.78, 5) is 15.1. The Kier molecular flexibility index (Phi) is 10.0. The van der Waals surface area contributed by atoms with E-state index in [4.69, 9.17) is 4.74 Å². The molecule has 1 aromatic carbocycles. The third-order valence-corrected chi connectivity index (χ3v) is 3.49. The number of hydrogen-bond acceptors (Lipinski definition) is 4. The van der Waals surface area contributed by atoms with E-state index in [0.29, 0.717) is 24.7 Å². The van der Waals surface area contributed by atoms with Gasteiger partial charge in [-0.2, -0.15) is 0 Å². The van der Waals surface area contributed by atoms with Gasteiger partial charge in [0.05, 0.1) is 13.7 Å². The largest absolute Gasteiger partial charge is 0.489 e. The van der Waals surface area contributed by atoms with Crippen LogP contribution in [-0.2, 0) is 9.53 Å². The Labute approximate surface area is 148 Å². The molecule has 7 heteroatoms. The number of unbranched alkanes of at least 4 members (excludes halogenated alkanes) is 2. The van der Waals surface area contributed by atoms with Crippen LogP contribution in [0, 0.1) is 5.82 Å². The van der Waals surface area contributed by atoms with E-state index >= 15 is 0 Å². The fourth-order valence-electron chi connectivity index (χ4n) is 2.16. The van der Waals surface area contributed by atoms with E-state index < -0.39 is 0 Å². The van der Waals surface area contributed by atoms with E-state index in [9.17, 15) is 9.18 Å². The number of carbonyl (C=O) groups is 1. The quantitative estimate of drug-likeness (QED) is 0.293. The van der Waals surface area contributed by atoms with Gasteiger partial charge in [0, 0.05) is 26.1 Å². The molecule has 0 saturated heterocycles. The number of nitrogens with zero attached hydrogens (tertiary/aromatic N) is 1. The van der Waals surface area contributed by atoms with Gasteiger partial charge in [-0.15, -0.1) is 0 Å². The Bertz CT molecular complexity index is 552. The monoisotopic (exact) mass is 353 g/mol. The molecule has 1 unspecified atom stereocenters. The Balaban J connectivity index is 2.17. The van der Waals surface area contributed by atoms with Gasteiger partial charge in [0.2, 0.25) is 0 Å². The lowest BCUT2D eigenvalue weighted by Crippen LogP contribution is -2.42. The first-order valence-electron chi connectivity index (χ1n) is 8.48. The molecule has 1 atom stereocenters. The molecule has 1 aromatic rings. The summed E-state index contributed by atoms with van der Waals surface area (Å²) in [5.41, 5.74) is 0. The van der Waals surface area contributed by atoms with Crippen molar-refractivity contribution in [3.05, 3.63) is 30.1 Å². The molecule has 2 N–H and O–H groups in total. The zero-order chi connectivity index (χ0) is 18.5. The number of hydrogen-bond donors (Lipinski definition) is 2. The lowest BCUT2D eigenvalue weighted by atomic mass is 10.2. The molecule has 6 nitrogen and oxygen atoms in total. The normalized spacial score (nSPS) is 12.4. The molecule has 0 saturated carbocycles. The van der Waals surface area contributed by atoms with Gasteiger partial charge in [0.1, 0.15) is 17.7 Å². The molecule has 0 heterocycles. The average Bonchev–Trinajstić information content (AvgIpc) is 2.60. The summed E-state index contributed by atoms with van der Waals surface area (Å²) in [5, 5.41) is 6.38. The van der Waals surface area contributed by atoms with E-state index in [2.05, 4.69) is 20.4 Å². The molecule has 0 radical (unpaired) electrons. The van der Waals surface area contributed by atoms with Crippen molar-refractivity contribution in [2.24, 2.45) is 4.99 Å². The third-order valence-electron chi connectivity index (χ3n) is 3.49. The Morgan fingerprint density at radius 3 is 2.76 bits per heavy atom. The van der Waals surface area contributed by atoms with E-state index in [1.165, 1.54) is 19.2 Å². The van der Waals surface area contributed by atoms with Crippen molar-refractivity contribution in [3.8, 4) is 5.75 Å². The van der Waals surface area contributed by atoms with Gasteiger partial charge in [-0.25, -0.2) is 4.39 Å². The summed E-state index contributed by atoms with van der Waals surface area (Å²) in [7, 11) is 3.10. The minimum Gasteiger partial charge on any atom is -0.489 e. The van der Waals surface area contributed by atoms with Gasteiger partial charge < -0.3 is 20.1 Å². The van der Waals surface area contributed by atoms with Crippen molar-refractivity contribution < 1.29 is 18.7 Å². The van der Waals surface area contributed by atoms with E-state index in [1.807, 2.05) is 6.92 Å². The smallest absolute Gasteiger partial charge is 0.305 e. The summed E-state index contributed by atoms with van der Waals surface area (Å²) >= 11 is 0. The fraction of sp³-hybridized carbons (Fsp3) is 0.556. The van der Waals surface area contributed by atoms with Gasteiger partial charge >= 0.3 is 5.97 Å². The molecule has 0 aliphatic rings. The number of rotatable bonds is 10. The van der Waals surface area contributed by atoms with Gasteiger partial charge in [-0.05, 0) is 31.9 Å². The van der Waals surface area contributed by atoms with Crippen LogP contribution in [0.5, 0.6) is 5.75 Å². The standard InChI is InChI=1S/C18H28FN3O3/c1-14(25-16-9-7-8-15(19)12-16)13-22-18(20-2)21-11-6-4-5-10-17(23)24-3/h7-9,12,14H,4-6,10-11,13H2,1-3H3,(H2,20,21,22). The minimum absolute atomic E-state index is 0.139. The predicted molar refractivity (Wildman–Crippen MR) is 96.3 cm³/mol. The highest BCUT2D eigenvalue weighted by Gasteiger charge is 2.06. The molecule has 0 amide bonds. The predicted octanol–water partition coefficient (Wildman–Crippen LogP) is 2.49. The zero-order valence-electron chi connectivity index (χ0n) is 15.2. The lowest BCUT2D eigenvalue weighted by Gasteiger charge is -2.17. The SMILES string of the molecule is CN=C(NCCCCCC(=O)OC)NCC(C)Oc1cccc(F)c1. The third kappa shape index (κ3) is 9.54. The van der Waals surface area contributed by atoms with Gasteiger partial charge in [0.15, 0.2) is 5.96 Å². The summed E-state index contributed by atoms with van der Waals surface area (Å²) in [5.74, 6) is 0.700. The van der Waals surface area contributed by atoms with Crippen molar-refractivity contribution in [1.29, 1.82) is 0 Å². The van der Waals surface area contributed by atoms with Crippen LogP contribution in [0.3, 0.4) is 0 Å². The van der Waals surface area contributed by atoms with Crippen LogP contribution in [0.15, 0.2) is 29.3 Å². The maximum absolute atomic E-state index is 13.1. The highest BCUT2D eigenvalue weighted by atomic mass is 19.1. The number of aliphatic imine (C=N–C) groups is 1. The van der Waals surface area contributed by atoms with Crippen LogP contribution in [-0.4, -0.2) is 45.3 Å². The van der Waals surface area contributed by atoms with Crippen molar-refractivity contribution >= 4 is 11.9 Å². The van der Waals surface area contributed by atoms with Crippen molar-refractivity contribution in [1.82, 2.24) is 10.6 Å². The maximum atomic E-state index is 13.1. The second-order valence-electron chi connectivity index (χ2n) is 5.65. The van der Waals surface area contributed by atoms with Crippen LogP contribution in [0.1, 0.15) is 32.6 Å².